The molecule has 0 atom stereocenters. The minimum absolute atomic E-state index is 0.306. The Morgan fingerprint density at radius 2 is 1.88 bits per heavy atom. The molecule has 3 aromatic rings. The maximum Gasteiger partial charge on any atom is 0.249 e. The lowest BCUT2D eigenvalue weighted by molar-refractivity contribution is 0.384. The summed E-state index contributed by atoms with van der Waals surface area (Å²) in [6.07, 6.45) is 4.18. The van der Waals surface area contributed by atoms with Gasteiger partial charge in [-0.15, -0.1) is 0 Å². The predicted octanol–water partition coefficient (Wildman–Crippen LogP) is 4.22. The molecule has 0 N–H and O–H groups in total. The van der Waals surface area contributed by atoms with Crippen LogP contribution in [0.3, 0.4) is 0 Å². The van der Waals surface area contributed by atoms with Gasteiger partial charge < -0.3 is 14.2 Å². The lowest BCUT2D eigenvalue weighted by Gasteiger charge is -2.15. The topological polar surface area (TPSA) is 65.8 Å². The molecule has 1 aromatic heterocycles. The highest BCUT2D eigenvalue weighted by Gasteiger charge is 2.25. The van der Waals surface area contributed by atoms with Gasteiger partial charge in [-0.2, -0.15) is 4.98 Å². The third kappa shape index (κ3) is 2.84. The number of hydrogen-bond acceptors (Lipinski definition) is 6. The quantitative estimate of drug-likeness (QED) is 0.543. The van der Waals surface area contributed by atoms with Gasteiger partial charge in [0.25, 0.3) is 0 Å². The molecule has 1 aliphatic heterocycles. The highest BCUT2D eigenvalue weighted by atomic mass is 35.5. The Kier molecular flexibility index (Phi) is 4.18. The van der Waals surface area contributed by atoms with Crippen LogP contribution in [0.4, 0.5) is 5.69 Å². The molecule has 1 radical (unpaired) electrons. The van der Waals surface area contributed by atoms with Crippen molar-refractivity contribution in [3.05, 3.63) is 65.1 Å². The van der Waals surface area contributed by atoms with E-state index >= 15 is 0 Å². The average molecular weight is 367 g/mol. The van der Waals surface area contributed by atoms with Crippen molar-refractivity contribution in [1.29, 1.82) is 0 Å². The zero-order valence-corrected chi connectivity index (χ0v) is 14.7. The summed E-state index contributed by atoms with van der Waals surface area (Å²) in [6, 6.07) is 10.9. The fourth-order valence-electron chi connectivity index (χ4n) is 2.67. The second-order valence-corrected chi connectivity index (χ2v) is 5.85. The Bertz CT molecular complexity index is 1000. The second kappa shape index (κ2) is 6.65. The van der Waals surface area contributed by atoms with Crippen LogP contribution in [0.15, 0.2) is 47.7 Å². The van der Waals surface area contributed by atoms with E-state index in [0.29, 0.717) is 45.1 Å². The summed E-state index contributed by atoms with van der Waals surface area (Å²) in [5.41, 5.74) is 2.56. The summed E-state index contributed by atoms with van der Waals surface area (Å²) >= 11 is 6.03. The molecule has 0 saturated carbocycles. The number of methoxy groups -OCH3 is 2. The van der Waals surface area contributed by atoms with E-state index < -0.39 is 0 Å². The van der Waals surface area contributed by atoms with Crippen LogP contribution in [0, 0.1) is 6.20 Å². The van der Waals surface area contributed by atoms with Gasteiger partial charge in [0.2, 0.25) is 5.88 Å². The number of ether oxygens (including phenoxy) is 3. The van der Waals surface area contributed by atoms with Crippen LogP contribution in [-0.4, -0.2) is 29.9 Å². The number of aliphatic imine (C=N–C) groups is 1. The third-order valence-electron chi connectivity index (χ3n) is 3.89. The number of fused-ring (bicyclic) bond motifs is 2. The molecule has 7 heteroatoms. The van der Waals surface area contributed by atoms with Crippen LogP contribution in [0.2, 0.25) is 5.02 Å². The minimum atomic E-state index is 0.306. The largest absolute Gasteiger partial charge is 0.496 e. The molecule has 6 nitrogen and oxygen atoms in total. The summed E-state index contributed by atoms with van der Waals surface area (Å²) in [5, 5.41) is 0.636. The summed E-state index contributed by atoms with van der Waals surface area (Å²) in [6.45, 7) is 0. The molecular weight excluding hydrogens is 354 g/mol. The zero-order valence-electron chi connectivity index (χ0n) is 14.0. The Balaban J connectivity index is 2.02. The van der Waals surface area contributed by atoms with Crippen molar-refractivity contribution in [2.75, 3.05) is 14.2 Å². The van der Waals surface area contributed by atoms with Crippen LogP contribution >= 0.6 is 11.6 Å². The Morgan fingerprint density at radius 3 is 2.62 bits per heavy atom. The Morgan fingerprint density at radius 1 is 1.08 bits per heavy atom. The monoisotopic (exact) mass is 366 g/mol. The first kappa shape index (κ1) is 16.4. The summed E-state index contributed by atoms with van der Waals surface area (Å²) < 4.78 is 16.9. The first-order valence-corrected chi connectivity index (χ1v) is 8.09. The SMILES string of the molecule is COc1cc(OC)c2c(c1)Oc1ncn[c]c1N=C2c1ccc(Cl)cc1. The molecule has 0 spiro atoms. The van der Waals surface area contributed by atoms with Crippen LogP contribution in [0.25, 0.3) is 0 Å². The molecular formula is C19H13ClN3O3. The highest BCUT2D eigenvalue weighted by molar-refractivity contribution is 6.30. The van der Waals surface area contributed by atoms with Crippen molar-refractivity contribution < 1.29 is 14.2 Å². The van der Waals surface area contributed by atoms with Crippen molar-refractivity contribution in [2.45, 2.75) is 0 Å². The lowest BCUT2D eigenvalue weighted by atomic mass is 10.00. The molecule has 4 rings (SSSR count). The number of hydrogen-bond donors (Lipinski definition) is 0. The van der Waals surface area contributed by atoms with Crippen molar-refractivity contribution in [3.8, 4) is 23.1 Å². The zero-order chi connectivity index (χ0) is 18.1. The van der Waals surface area contributed by atoms with Gasteiger partial charge in [0.15, 0.2) is 5.69 Å². The smallest absolute Gasteiger partial charge is 0.249 e. The average Bonchev–Trinajstić information content (AvgIpc) is 2.84. The fraction of sp³-hybridized carbons (Fsp3) is 0.105. The fourth-order valence-corrected chi connectivity index (χ4v) is 2.80. The van der Waals surface area contributed by atoms with E-state index in [-0.39, 0.29) is 0 Å². The van der Waals surface area contributed by atoms with Gasteiger partial charge in [-0.05, 0) is 12.1 Å². The van der Waals surface area contributed by atoms with Gasteiger partial charge >= 0.3 is 0 Å². The molecule has 0 bridgehead atoms. The maximum atomic E-state index is 6.03. The van der Waals surface area contributed by atoms with Gasteiger partial charge in [-0.25, -0.2) is 9.98 Å². The molecule has 0 amide bonds. The molecule has 2 aromatic carbocycles. The molecule has 129 valence electrons. The van der Waals surface area contributed by atoms with E-state index in [4.69, 9.17) is 30.8 Å². The van der Waals surface area contributed by atoms with Gasteiger partial charge in [0.1, 0.15) is 29.8 Å². The Hall–Kier alpha value is -3.12. The maximum absolute atomic E-state index is 6.03. The van der Waals surface area contributed by atoms with Crippen LogP contribution in [0.1, 0.15) is 11.1 Å². The first-order valence-electron chi connectivity index (χ1n) is 7.71. The van der Waals surface area contributed by atoms with Crippen molar-refractivity contribution in [2.24, 2.45) is 4.99 Å². The van der Waals surface area contributed by atoms with Gasteiger partial charge in [-0.1, -0.05) is 23.7 Å². The van der Waals surface area contributed by atoms with E-state index in [1.165, 1.54) is 6.33 Å². The summed E-state index contributed by atoms with van der Waals surface area (Å²) in [7, 11) is 3.16. The minimum Gasteiger partial charge on any atom is -0.496 e. The Labute approximate surface area is 155 Å². The number of nitrogens with zero attached hydrogens (tertiary/aromatic N) is 3. The van der Waals surface area contributed by atoms with E-state index in [9.17, 15) is 0 Å². The molecule has 0 aliphatic carbocycles. The summed E-state index contributed by atoms with van der Waals surface area (Å²) in [4.78, 5) is 12.8. The predicted molar refractivity (Wildman–Crippen MR) is 97.2 cm³/mol. The van der Waals surface area contributed by atoms with Crippen molar-refractivity contribution in [1.82, 2.24) is 9.97 Å². The van der Waals surface area contributed by atoms with Crippen LogP contribution in [-0.2, 0) is 0 Å². The van der Waals surface area contributed by atoms with E-state index in [0.717, 1.165) is 5.56 Å². The molecule has 1 aliphatic rings. The van der Waals surface area contributed by atoms with E-state index in [2.05, 4.69) is 16.2 Å². The van der Waals surface area contributed by atoms with Gasteiger partial charge in [-0.3, -0.25) is 0 Å². The second-order valence-electron chi connectivity index (χ2n) is 5.41. The van der Waals surface area contributed by atoms with E-state index in [1.807, 2.05) is 12.1 Å². The number of halogens is 1. The van der Waals surface area contributed by atoms with Crippen molar-refractivity contribution in [3.63, 3.8) is 0 Å². The first-order chi connectivity index (χ1) is 12.7. The lowest BCUT2D eigenvalue weighted by Crippen LogP contribution is -2.07. The van der Waals surface area contributed by atoms with Crippen molar-refractivity contribution >= 4 is 23.0 Å². The molecule has 0 unspecified atom stereocenters. The van der Waals surface area contributed by atoms with Crippen LogP contribution in [0.5, 0.6) is 23.1 Å². The third-order valence-corrected chi connectivity index (χ3v) is 4.14. The van der Waals surface area contributed by atoms with Gasteiger partial charge in [0, 0.05) is 22.7 Å². The molecule has 26 heavy (non-hydrogen) atoms. The number of benzene rings is 2. The normalized spacial score (nSPS) is 12.2. The van der Waals surface area contributed by atoms with E-state index in [1.54, 1.807) is 38.5 Å². The van der Waals surface area contributed by atoms with Gasteiger partial charge in [0.05, 0.1) is 25.5 Å². The molecule has 2 heterocycles. The highest BCUT2D eigenvalue weighted by Crippen LogP contribution is 2.42. The standard InChI is InChI=1S/C19H13ClN3O3/c1-24-13-7-15(25-2)17-16(8-13)26-19-14(9-21-10-22-19)23-18(17)11-3-5-12(20)6-4-11/h3-8,10H,1-2H3. The molecule has 0 fully saturated rings. The number of rotatable bonds is 3. The number of aromatic nitrogens is 2. The summed E-state index contributed by atoms with van der Waals surface area (Å²) in [5.74, 6) is 1.98. The molecule has 0 saturated heterocycles. The van der Waals surface area contributed by atoms with Crippen LogP contribution < -0.4 is 14.2 Å².